The summed E-state index contributed by atoms with van der Waals surface area (Å²) in [6.45, 7) is 6.64. The van der Waals surface area contributed by atoms with Crippen LogP contribution in [0.2, 0.25) is 0 Å². The SMILES string of the molecule is C=C1CC(=O)OC2(CNCCN2C(C)N)OC1=O. The summed E-state index contributed by atoms with van der Waals surface area (Å²) in [6, 6.07) is 0. The Morgan fingerprint density at radius 1 is 1.50 bits per heavy atom. The van der Waals surface area contributed by atoms with Crippen LogP contribution in [0.5, 0.6) is 0 Å². The smallest absolute Gasteiger partial charge is 0.338 e. The Labute approximate surface area is 105 Å². The maximum absolute atomic E-state index is 11.8. The van der Waals surface area contributed by atoms with Gasteiger partial charge in [0.15, 0.2) is 0 Å². The molecule has 2 atom stereocenters. The van der Waals surface area contributed by atoms with E-state index in [0.717, 1.165) is 0 Å². The standard InChI is InChI=1S/C11H17N3O4/c1-7-5-9(15)17-11(18-10(7)16)6-13-3-4-14(11)8(2)12/h8,13H,1,3-6,12H2,2H3. The molecule has 2 unspecified atom stereocenters. The third-order valence-electron chi connectivity index (χ3n) is 2.98. The number of carbonyl (C=O) groups is 2. The second-order valence-electron chi connectivity index (χ2n) is 4.47. The first-order chi connectivity index (χ1) is 8.44. The van der Waals surface area contributed by atoms with Crippen LogP contribution < -0.4 is 11.1 Å². The molecule has 0 aromatic rings. The van der Waals surface area contributed by atoms with Gasteiger partial charge in [0, 0.05) is 18.7 Å². The van der Waals surface area contributed by atoms with Gasteiger partial charge < -0.3 is 20.5 Å². The highest BCUT2D eigenvalue weighted by molar-refractivity contribution is 5.94. The number of ether oxygens (including phenoxy) is 2. The van der Waals surface area contributed by atoms with Crippen molar-refractivity contribution in [2.24, 2.45) is 5.73 Å². The van der Waals surface area contributed by atoms with Crippen LogP contribution in [-0.4, -0.2) is 48.5 Å². The van der Waals surface area contributed by atoms with Crippen LogP contribution in [-0.2, 0) is 19.1 Å². The fourth-order valence-electron chi connectivity index (χ4n) is 2.12. The van der Waals surface area contributed by atoms with Gasteiger partial charge in [0.25, 0.3) is 0 Å². The monoisotopic (exact) mass is 255 g/mol. The van der Waals surface area contributed by atoms with E-state index in [4.69, 9.17) is 15.2 Å². The molecule has 0 bridgehead atoms. The van der Waals surface area contributed by atoms with Crippen LogP contribution in [0.25, 0.3) is 0 Å². The largest absolute Gasteiger partial charge is 0.407 e. The van der Waals surface area contributed by atoms with Crippen LogP contribution in [0.4, 0.5) is 0 Å². The highest BCUT2D eigenvalue weighted by Gasteiger charge is 2.50. The zero-order chi connectivity index (χ0) is 13.3. The molecule has 2 aliphatic rings. The number of nitrogens with two attached hydrogens (primary N) is 1. The Hall–Kier alpha value is -1.44. The van der Waals surface area contributed by atoms with E-state index in [9.17, 15) is 9.59 Å². The van der Waals surface area contributed by atoms with Gasteiger partial charge in [-0.25, -0.2) is 9.69 Å². The Balaban J connectivity index is 2.33. The maximum atomic E-state index is 11.8. The lowest BCUT2D eigenvalue weighted by molar-refractivity contribution is -0.293. The van der Waals surface area contributed by atoms with Crippen molar-refractivity contribution < 1.29 is 19.1 Å². The predicted molar refractivity (Wildman–Crippen MR) is 61.9 cm³/mol. The summed E-state index contributed by atoms with van der Waals surface area (Å²) in [5, 5.41) is 3.03. The van der Waals surface area contributed by atoms with E-state index >= 15 is 0 Å². The van der Waals surface area contributed by atoms with Crippen molar-refractivity contribution in [1.29, 1.82) is 0 Å². The van der Waals surface area contributed by atoms with Gasteiger partial charge in [0.2, 0.25) is 0 Å². The highest BCUT2D eigenvalue weighted by Crippen LogP contribution is 2.28. The second-order valence-corrected chi connectivity index (χ2v) is 4.47. The van der Waals surface area contributed by atoms with Crippen LogP contribution in [0.3, 0.4) is 0 Å². The summed E-state index contributed by atoms with van der Waals surface area (Å²) in [5.41, 5.74) is 5.93. The lowest BCUT2D eigenvalue weighted by atomic mass is 10.2. The number of carbonyl (C=O) groups excluding carboxylic acids is 2. The molecular formula is C11H17N3O4. The van der Waals surface area contributed by atoms with Crippen molar-refractivity contribution >= 4 is 11.9 Å². The van der Waals surface area contributed by atoms with Gasteiger partial charge in [-0.05, 0) is 6.92 Å². The Bertz CT molecular complexity index is 396. The first-order valence-electron chi connectivity index (χ1n) is 5.80. The first-order valence-corrected chi connectivity index (χ1v) is 5.80. The van der Waals surface area contributed by atoms with E-state index < -0.39 is 24.0 Å². The number of piperazine rings is 1. The average Bonchev–Trinajstić information content (AvgIpc) is 2.37. The minimum atomic E-state index is -1.46. The average molecular weight is 255 g/mol. The third-order valence-corrected chi connectivity index (χ3v) is 2.98. The number of nitrogens with zero attached hydrogens (tertiary/aromatic N) is 1. The van der Waals surface area contributed by atoms with Crippen molar-refractivity contribution in [1.82, 2.24) is 10.2 Å². The predicted octanol–water partition coefficient (Wildman–Crippen LogP) is -1.10. The fourth-order valence-corrected chi connectivity index (χ4v) is 2.12. The molecule has 2 aliphatic heterocycles. The summed E-state index contributed by atoms with van der Waals surface area (Å²) in [4.78, 5) is 25.1. The molecule has 0 aromatic heterocycles. The van der Waals surface area contributed by atoms with Gasteiger partial charge in [0.1, 0.15) is 0 Å². The summed E-state index contributed by atoms with van der Waals surface area (Å²) >= 11 is 0. The number of hydrogen-bond donors (Lipinski definition) is 2. The minimum absolute atomic E-state index is 0.0899. The second kappa shape index (κ2) is 4.68. The molecule has 0 radical (unpaired) electrons. The van der Waals surface area contributed by atoms with E-state index in [0.29, 0.717) is 13.1 Å². The van der Waals surface area contributed by atoms with Gasteiger partial charge in [-0.3, -0.25) is 4.79 Å². The van der Waals surface area contributed by atoms with E-state index in [2.05, 4.69) is 11.9 Å². The Morgan fingerprint density at radius 2 is 2.22 bits per heavy atom. The van der Waals surface area contributed by atoms with Crippen LogP contribution in [0, 0.1) is 0 Å². The Morgan fingerprint density at radius 3 is 2.89 bits per heavy atom. The lowest BCUT2D eigenvalue weighted by Crippen LogP contribution is -2.68. The van der Waals surface area contributed by atoms with Gasteiger partial charge in [0.05, 0.1) is 19.1 Å². The number of nitrogens with one attached hydrogen (secondary N) is 1. The molecule has 0 aliphatic carbocycles. The molecule has 0 aromatic carbocycles. The summed E-state index contributed by atoms with van der Waals surface area (Å²) in [5.74, 6) is -2.63. The normalized spacial score (nSPS) is 31.8. The van der Waals surface area contributed by atoms with Crippen LogP contribution >= 0.6 is 0 Å². The molecule has 1 spiro atoms. The van der Waals surface area contributed by atoms with Crippen molar-refractivity contribution in [2.45, 2.75) is 25.4 Å². The molecule has 2 saturated heterocycles. The zero-order valence-corrected chi connectivity index (χ0v) is 10.3. The van der Waals surface area contributed by atoms with Crippen molar-refractivity contribution in [3.05, 3.63) is 12.2 Å². The molecule has 2 rings (SSSR count). The van der Waals surface area contributed by atoms with E-state index in [-0.39, 0.29) is 18.5 Å². The quantitative estimate of drug-likeness (QED) is 0.453. The summed E-state index contributed by atoms with van der Waals surface area (Å²) < 4.78 is 10.6. The molecule has 100 valence electrons. The van der Waals surface area contributed by atoms with Crippen molar-refractivity contribution in [2.75, 3.05) is 19.6 Å². The van der Waals surface area contributed by atoms with Crippen molar-refractivity contribution in [3.63, 3.8) is 0 Å². The summed E-state index contributed by atoms with van der Waals surface area (Å²) in [6.07, 6.45) is -0.563. The molecule has 2 fully saturated rings. The van der Waals surface area contributed by atoms with Gasteiger partial charge in [-0.1, -0.05) is 6.58 Å². The number of hydrogen-bond acceptors (Lipinski definition) is 7. The third kappa shape index (κ3) is 2.24. The molecule has 2 heterocycles. The zero-order valence-electron chi connectivity index (χ0n) is 10.3. The number of rotatable bonds is 1. The molecular weight excluding hydrogens is 238 g/mol. The number of esters is 2. The van der Waals surface area contributed by atoms with Gasteiger partial charge in [-0.2, -0.15) is 0 Å². The molecule has 18 heavy (non-hydrogen) atoms. The van der Waals surface area contributed by atoms with Gasteiger partial charge >= 0.3 is 17.8 Å². The van der Waals surface area contributed by atoms with Crippen LogP contribution in [0.1, 0.15) is 13.3 Å². The summed E-state index contributed by atoms with van der Waals surface area (Å²) in [7, 11) is 0. The van der Waals surface area contributed by atoms with E-state index in [1.807, 2.05) is 0 Å². The lowest BCUT2D eigenvalue weighted by Gasteiger charge is -2.45. The molecule has 0 amide bonds. The first kappa shape index (κ1) is 13.0. The molecule has 3 N–H and O–H groups in total. The molecule has 0 saturated carbocycles. The van der Waals surface area contributed by atoms with E-state index in [1.165, 1.54) is 0 Å². The Kier molecular flexibility index (Phi) is 3.38. The molecule has 7 heteroatoms. The minimum Gasteiger partial charge on any atom is -0.407 e. The van der Waals surface area contributed by atoms with Gasteiger partial charge in [-0.15, -0.1) is 0 Å². The maximum Gasteiger partial charge on any atom is 0.338 e. The fraction of sp³-hybridized carbons (Fsp3) is 0.636. The topological polar surface area (TPSA) is 93.9 Å². The molecule has 7 nitrogen and oxygen atoms in total. The highest BCUT2D eigenvalue weighted by atomic mass is 16.8. The van der Waals surface area contributed by atoms with E-state index in [1.54, 1.807) is 11.8 Å². The van der Waals surface area contributed by atoms with Crippen LogP contribution in [0.15, 0.2) is 12.2 Å². The van der Waals surface area contributed by atoms with Crippen molar-refractivity contribution in [3.8, 4) is 0 Å².